The minimum absolute atomic E-state index is 0.274. The van der Waals surface area contributed by atoms with E-state index in [2.05, 4.69) is 16.4 Å². The van der Waals surface area contributed by atoms with Crippen molar-refractivity contribution in [3.05, 3.63) is 42.0 Å². The molecule has 0 saturated heterocycles. The summed E-state index contributed by atoms with van der Waals surface area (Å²) in [6.45, 7) is 0. The summed E-state index contributed by atoms with van der Waals surface area (Å²) < 4.78 is 27.6. The fraction of sp³-hybridized carbons (Fsp3) is 0.235. The molecule has 1 aromatic heterocycles. The first-order chi connectivity index (χ1) is 11.5. The monoisotopic (exact) mass is 326 g/mol. The van der Waals surface area contributed by atoms with Gasteiger partial charge in [-0.2, -0.15) is 5.26 Å². The highest BCUT2D eigenvalue weighted by atomic mass is 19.3. The number of carbonyl (C=O) groups is 1. The lowest BCUT2D eigenvalue weighted by Crippen LogP contribution is -2.42. The van der Waals surface area contributed by atoms with Crippen LogP contribution in [0.15, 0.2) is 36.4 Å². The molecule has 4 rings (SSSR count). The molecule has 7 heteroatoms. The van der Waals surface area contributed by atoms with Crippen LogP contribution in [0, 0.1) is 17.2 Å². The Hall–Kier alpha value is -3.01. The van der Waals surface area contributed by atoms with Gasteiger partial charge < -0.3 is 0 Å². The number of imidazole rings is 1. The second-order valence-electron chi connectivity index (χ2n) is 5.99. The summed E-state index contributed by atoms with van der Waals surface area (Å²) in [5, 5.41) is 11.7. The van der Waals surface area contributed by atoms with Crippen molar-refractivity contribution in [3.63, 3.8) is 0 Å². The third-order valence-electron chi connectivity index (χ3n) is 4.27. The van der Waals surface area contributed by atoms with Gasteiger partial charge in [0.25, 0.3) is 0 Å². The zero-order valence-electron chi connectivity index (χ0n) is 12.5. The maximum Gasteiger partial charge on any atom is 0.249 e. The Labute approximate surface area is 135 Å². The van der Waals surface area contributed by atoms with Gasteiger partial charge in [0, 0.05) is 24.5 Å². The molecule has 5 nitrogen and oxygen atoms in total. The zero-order chi connectivity index (χ0) is 16.9. The van der Waals surface area contributed by atoms with E-state index in [-0.39, 0.29) is 5.95 Å². The maximum absolute atomic E-state index is 13.0. The van der Waals surface area contributed by atoms with Crippen molar-refractivity contribution in [2.75, 3.05) is 5.32 Å². The molecule has 1 N–H and O–H groups in total. The Balaban J connectivity index is 1.70. The topological polar surface area (TPSA) is 70.7 Å². The van der Waals surface area contributed by atoms with Crippen molar-refractivity contribution in [2.45, 2.75) is 18.8 Å². The molecular formula is C17H12F2N4O. The van der Waals surface area contributed by atoms with Crippen LogP contribution >= 0.6 is 0 Å². The molecule has 2 aliphatic rings. The number of carbonyl (C=O) groups excluding carboxylic acids is 1. The van der Waals surface area contributed by atoms with Crippen molar-refractivity contribution in [2.24, 2.45) is 5.92 Å². The second-order valence-corrected chi connectivity index (χ2v) is 5.99. The van der Waals surface area contributed by atoms with E-state index >= 15 is 0 Å². The van der Waals surface area contributed by atoms with Gasteiger partial charge in [-0.15, -0.1) is 0 Å². The summed E-state index contributed by atoms with van der Waals surface area (Å²) in [7, 11) is 0. The lowest BCUT2D eigenvalue weighted by atomic mass is 9.81. The van der Waals surface area contributed by atoms with Crippen molar-refractivity contribution in [1.29, 1.82) is 5.26 Å². The molecule has 120 valence electrons. The molecular weight excluding hydrogens is 314 g/mol. The van der Waals surface area contributed by atoms with Gasteiger partial charge in [0.05, 0.1) is 22.7 Å². The SMILES string of the molecule is N#Cc1ccc2nc(NC(=O)C3CC(F)(F)C3)n(C3=CC=C3)c2c1. The van der Waals surface area contributed by atoms with E-state index in [1.165, 1.54) is 0 Å². The molecule has 0 atom stereocenters. The predicted octanol–water partition coefficient (Wildman–Crippen LogP) is 3.30. The highest BCUT2D eigenvalue weighted by molar-refractivity contribution is 5.96. The van der Waals surface area contributed by atoms with Gasteiger partial charge in [0.2, 0.25) is 17.8 Å². The zero-order valence-corrected chi connectivity index (χ0v) is 12.5. The van der Waals surface area contributed by atoms with Gasteiger partial charge in [-0.05, 0) is 30.4 Å². The number of hydrogen-bond acceptors (Lipinski definition) is 3. The van der Waals surface area contributed by atoms with Crippen molar-refractivity contribution in [1.82, 2.24) is 9.55 Å². The summed E-state index contributed by atoms with van der Waals surface area (Å²) in [5.41, 5.74) is 2.58. The van der Waals surface area contributed by atoms with Crippen molar-refractivity contribution in [3.8, 4) is 6.07 Å². The van der Waals surface area contributed by atoms with Crippen LogP contribution in [-0.2, 0) is 4.79 Å². The van der Waals surface area contributed by atoms with E-state index in [0.29, 0.717) is 16.6 Å². The number of benzene rings is 1. The number of alkyl halides is 2. The van der Waals surface area contributed by atoms with Crippen LogP contribution in [0.5, 0.6) is 0 Å². The molecule has 1 heterocycles. The Morgan fingerprint density at radius 2 is 2.17 bits per heavy atom. The molecule has 24 heavy (non-hydrogen) atoms. The Morgan fingerprint density at radius 1 is 1.42 bits per heavy atom. The fourth-order valence-electron chi connectivity index (χ4n) is 2.88. The first-order valence-electron chi connectivity index (χ1n) is 7.47. The first-order valence-corrected chi connectivity index (χ1v) is 7.47. The molecule has 1 fully saturated rings. The van der Waals surface area contributed by atoms with Gasteiger partial charge in [0.15, 0.2) is 0 Å². The number of nitrogens with one attached hydrogen (secondary N) is 1. The van der Waals surface area contributed by atoms with Gasteiger partial charge in [-0.1, -0.05) is 6.08 Å². The lowest BCUT2D eigenvalue weighted by molar-refractivity contribution is -0.145. The molecule has 1 saturated carbocycles. The maximum atomic E-state index is 13.0. The van der Waals surface area contributed by atoms with Crippen molar-refractivity contribution < 1.29 is 13.6 Å². The van der Waals surface area contributed by atoms with Crippen LogP contribution < -0.4 is 5.32 Å². The number of anilines is 1. The molecule has 1 aromatic carbocycles. The van der Waals surface area contributed by atoms with E-state index < -0.39 is 30.6 Å². The molecule has 2 aromatic rings. The Kier molecular flexibility index (Phi) is 3.03. The highest BCUT2D eigenvalue weighted by Crippen LogP contribution is 2.43. The van der Waals surface area contributed by atoms with E-state index in [9.17, 15) is 13.6 Å². The minimum Gasteiger partial charge on any atom is -0.295 e. The number of nitriles is 1. The molecule has 0 bridgehead atoms. The minimum atomic E-state index is -2.75. The van der Waals surface area contributed by atoms with Gasteiger partial charge in [-0.3, -0.25) is 14.7 Å². The molecule has 0 radical (unpaired) electrons. The predicted molar refractivity (Wildman–Crippen MR) is 84.2 cm³/mol. The fourth-order valence-corrected chi connectivity index (χ4v) is 2.88. The molecule has 1 amide bonds. The average molecular weight is 326 g/mol. The van der Waals surface area contributed by atoms with E-state index in [1.807, 2.05) is 18.2 Å². The second kappa shape index (κ2) is 4.99. The standard InChI is InChI=1S/C17H12F2N4O/c18-17(19)7-11(8-17)15(24)22-16-21-13-5-4-10(9-20)6-14(13)23(16)12-2-1-3-12/h1-6,11H,7-8H2,(H,21,22,24). The molecule has 0 unspecified atom stereocenters. The summed E-state index contributed by atoms with van der Waals surface area (Å²) in [5.74, 6) is -3.63. The van der Waals surface area contributed by atoms with Crippen LogP contribution in [0.25, 0.3) is 16.7 Å². The largest absolute Gasteiger partial charge is 0.295 e. The third-order valence-corrected chi connectivity index (χ3v) is 4.27. The van der Waals surface area contributed by atoms with Crippen LogP contribution in [0.2, 0.25) is 0 Å². The van der Waals surface area contributed by atoms with Crippen LogP contribution in [-0.4, -0.2) is 21.4 Å². The molecule has 0 spiro atoms. The first kappa shape index (κ1) is 14.6. The number of rotatable bonds is 3. The van der Waals surface area contributed by atoms with Gasteiger partial charge in [0.1, 0.15) is 0 Å². The molecule has 0 aliphatic heterocycles. The number of halogens is 2. The van der Waals surface area contributed by atoms with Crippen molar-refractivity contribution >= 4 is 28.6 Å². The number of amides is 1. The summed E-state index contributed by atoms with van der Waals surface area (Å²) in [4.78, 5) is 16.5. The smallest absolute Gasteiger partial charge is 0.249 e. The van der Waals surface area contributed by atoms with Crippen LogP contribution in [0.4, 0.5) is 14.7 Å². The lowest BCUT2D eigenvalue weighted by Gasteiger charge is -2.33. The number of nitrogens with zero attached hydrogens (tertiary/aromatic N) is 3. The van der Waals surface area contributed by atoms with Gasteiger partial charge >= 0.3 is 0 Å². The molecule has 2 aliphatic carbocycles. The average Bonchev–Trinajstić information content (AvgIpc) is 2.80. The van der Waals surface area contributed by atoms with Gasteiger partial charge in [-0.25, -0.2) is 13.8 Å². The summed E-state index contributed by atoms with van der Waals surface area (Å²) >= 11 is 0. The third kappa shape index (κ3) is 2.27. The number of fused-ring (bicyclic) bond motifs is 1. The normalized spacial score (nSPS) is 18.5. The van der Waals surface area contributed by atoms with Crippen LogP contribution in [0.3, 0.4) is 0 Å². The summed E-state index contributed by atoms with van der Waals surface area (Å²) in [6.07, 6.45) is 4.66. The van der Waals surface area contributed by atoms with E-state index in [0.717, 1.165) is 5.70 Å². The Bertz CT molecular complexity index is 957. The van der Waals surface area contributed by atoms with Crippen LogP contribution in [0.1, 0.15) is 18.4 Å². The quantitative estimate of drug-likeness (QED) is 0.941. The highest BCUT2D eigenvalue weighted by Gasteiger charge is 2.48. The summed E-state index contributed by atoms with van der Waals surface area (Å²) in [6, 6.07) is 7.09. The number of allylic oxidation sites excluding steroid dienone is 4. The number of hydrogen-bond donors (Lipinski definition) is 1. The Morgan fingerprint density at radius 3 is 2.75 bits per heavy atom. The van der Waals surface area contributed by atoms with E-state index in [4.69, 9.17) is 5.26 Å². The number of aromatic nitrogens is 2. The van der Waals surface area contributed by atoms with E-state index in [1.54, 1.807) is 22.8 Å².